The molecular formula is C12H13ClO4S. The summed E-state index contributed by atoms with van der Waals surface area (Å²) in [5.74, 6) is -0.321. The number of carboxylic acid groups (broad SMARTS) is 1. The Labute approximate surface area is 112 Å². The molecule has 1 aliphatic heterocycles. The minimum atomic E-state index is -1.21. The van der Waals surface area contributed by atoms with Crippen molar-refractivity contribution in [2.24, 2.45) is 5.92 Å². The fourth-order valence-corrected chi connectivity index (χ4v) is 3.39. The normalized spacial score (nSPS) is 20.8. The van der Waals surface area contributed by atoms with E-state index in [1.807, 2.05) is 0 Å². The number of hydrogen-bond donors (Lipinski definition) is 1. The highest BCUT2D eigenvalue weighted by atomic mass is 35.5. The zero-order valence-electron chi connectivity index (χ0n) is 9.60. The highest BCUT2D eigenvalue weighted by Crippen LogP contribution is 2.22. The Balaban J connectivity index is 2.14. The number of carbonyl (C=O) groups is 1. The van der Waals surface area contributed by atoms with Gasteiger partial charge in [-0.25, -0.2) is 4.79 Å². The first kappa shape index (κ1) is 13.5. The Kier molecular flexibility index (Phi) is 4.37. The van der Waals surface area contributed by atoms with Gasteiger partial charge in [0.1, 0.15) is 0 Å². The van der Waals surface area contributed by atoms with Crippen molar-refractivity contribution >= 4 is 28.4 Å². The van der Waals surface area contributed by atoms with Gasteiger partial charge in [0.2, 0.25) is 0 Å². The van der Waals surface area contributed by atoms with Crippen molar-refractivity contribution in [1.82, 2.24) is 0 Å². The van der Waals surface area contributed by atoms with Gasteiger partial charge in [0.25, 0.3) is 0 Å². The van der Waals surface area contributed by atoms with Crippen LogP contribution in [0.15, 0.2) is 23.1 Å². The van der Waals surface area contributed by atoms with Gasteiger partial charge < -0.3 is 9.84 Å². The Morgan fingerprint density at radius 2 is 2.33 bits per heavy atom. The summed E-state index contributed by atoms with van der Waals surface area (Å²) in [7, 11) is -1.21. The molecule has 0 radical (unpaired) electrons. The Bertz CT molecular complexity index is 483. The molecule has 0 aliphatic carbocycles. The molecule has 1 aromatic rings. The van der Waals surface area contributed by atoms with Gasteiger partial charge in [-0.05, 0) is 30.5 Å². The first-order chi connectivity index (χ1) is 8.58. The van der Waals surface area contributed by atoms with E-state index < -0.39 is 16.8 Å². The number of halogens is 1. The van der Waals surface area contributed by atoms with Crippen molar-refractivity contribution in [2.45, 2.75) is 11.3 Å². The average Bonchev–Trinajstić information content (AvgIpc) is 2.81. The number of carboxylic acids is 1. The minimum Gasteiger partial charge on any atom is -0.478 e. The molecule has 4 nitrogen and oxygen atoms in total. The predicted octanol–water partition coefficient (Wildman–Crippen LogP) is 2.18. The second kappa shape index (κ2) is 5.82. The molecule has 1 N–H and O–H groups in total. The SMILES string of the molecule is O=C(O)c1cc(S(=O)CC2CCOC2)ccc1Cl. The first-order valence-corrected chi connectivity index (χ1v) is 7.26. The second-order valence-corrected chi connectivity index (χ2v) is 6.09. The van der Waals surface area contributed by atoms with E-state index in [-0.39, 0.29) is 16.5 Å². The molecular weight excluding hydrogens is 276 g/mol. The van der Waals surface area contributed by atoms with Crippen LogP contribution in [-0.4, -0.2) is 34.3 Å². The number of rotatable bonds is 4. The predicted molar refractivity (Wildman–Crippen MR) is 68.6 cm³/mol. The largest absolute Gasteiger partial charge is 0.478 e. The second-order valence-electron chi connectivity index (χ2n) is 4.19. The third-order valence-corrected chi connectivity index (χ3v) is 4.73. The quantitative estimate of drug-likeness (QED) is 0.922. The third kappa shape index (κ3) is 3.10. The van der Waals surface area contributed by atoms with Gasteiger partial charge in [-0.15, -0.1) is 0 Å². The van der Waals surface area contributed by atoms with E-state index in [0.29, 0.717) is 23.9 Å². The molecule has 1 fully saturated rings. The molecule has 1 heterocycles. The summed E-state index contributed by atoms with van der Waals surface area (Å²) in [6.45, 7) is 1.34. The zero-order chi connectivity index (χ0) is 13.1. The maximum absolute atomic E-state index is 12.1. The summed E-state index contributed by atoms with van der Waals surface area (Å²) in [6, 6.07) is 4.47. The van der Waals surface area contributed by atoms with E-state index >= 15 is 0 Å². The monoisotopic (exact) mass is 288 g/mol. The topological polar surface area (TPSA) is 63.6 Å². The molecule has 1 aromatic carbocycles. The van der Waals surface area contributed by atoms with Crippen LogP contribution in [0, 0.1) is 5.92 Å². The van der Waals surface area contributed by atoms with Crippen LogP contribution in [0.1, 0.15) is 16.8 Å². The van der Waals surface area contributed by atoms with E-state index in [4.69, 9.17) is 21.4 Å². The van der Waals surface area contributed by atoms with Crippen LogP contribution in [0.3, 0.4) is 0 Å². The lowest BCUT2D eigenvalue weighted by Gasteiger charge is -2.08. The average molecular weight is 289 g/mol. The van der Waals surface area contributed by atoms with Gasteiger partial charge in [0.15, 0.2) is 0 Å². The molecule has 1 saturated heterocycles. The third-order valence-electron chi connectivity index (χ3n) is 2.84. The van der Waals surface area contributed by atoms with Gasteiger partial charge >= 0.3 is 5.97 Å². The number of benzene rings is 1. The van der Waals surface area contributed by atoms with Crippen molar-refractivity contribution in [2.75, 3.05) is 19.0 Å². The lowest BCUT2D eigenvalue weighted by molar-refractivity contribution is 0.0697. The van der Waals surface area contributed by atoms with Gasteiger partial charge in [0.05, 0.1) is 28.0 Å². The summed E-state index contributed by atoms with van der Waals surface area (Å²) in [4.78, 5) is 11.4. The fraction of sp³-hybridized carbons (Fsp3) is 0.417. The molecule has 0 amide bonds. The zero-order valence-corrected chi connectivity index (χ0v) is 11.2. The van der Waals surface area contributed by atoms with Crippen LogP contribution in [0.4, 0.5) is 0 Å². The molecule has 1 aliphatic rings. The lowest BCUT2D eigenvalue weighted by atomic mass is 10.2. The number of hydrogen-bond acceptors (Lipinski definition) is 3. The van der Waals surface area contributed by atoms with Crippen molar-refractivity contribution in [3.63, 3.8) is 0 Å². The van der Waals surface area contributed by atoms with Gasteiger partial charge in [-0.3, -0.25) is 4.21 Å². The number of aromatic carboxylic acids is 1. The summed E-state index contributed by atoms with van der Waals surface area (Å²) >= 11 is 5.77. The van der Waals surface area contributed by atoms with Crippen LogP contribution in [-0.2, 0) is 15.5 Å². The standard InChI is InChI=1S/C12H13ClO4S/c13-11-2-1-9(5-10(11)12(14)15)18(16)7-8-3-4-17-6-8/h1-2,5,8H,3-4,6-7H2,(H,14,15). The van der Waals surface area contributed by atoms with Gasteiger partial charge in [0, 0.05) is 17.3 Å². The van der Waals surface area contributed by atoms with Crippen molar-refractivity contribution in [1.29, 1.82) is 0 Å². The van der Waals surface area contributed by atoms with Crippen LogP contribution in [0.25, 0.3) is 0 Å². The smallest absolute Gasteiger partial charge is 0.337 e. The molecule has 0 saturated carbocycles. The Hall–Kier alpha value is -0.910. The van der Waals surface area contributed by atoms with Crippen LogP contribution >= 0.6 is 11.6 Å². The molecule has 6 heteroatoms. The van der Waals surface area contributed by atoms with E-state index in [1.54, 1.807) is 6.07 Å². The fourth-order valence-electron chi connectivity index (χ4n) is 1.83. The molecule has 2 atom stereocenters. The number of ether oxygens (including phenoxy) is 1. The molecule has 98 valence electrons. The molecule has 2 rings (SSSR count). The maximum Gasteiger partial charge on any atom is 0.337 e. The van der Waals surface area contributed by atoms with E-state index in [0.717, 1.165) is 6.42 Å². The van der Waals surface area contributed by atoms with Crippen molar-refractivity contribution < 1.29 is 18.8 Å². The molecule has 18 heavy (non-hydrogen) atoms. The summed E-state index contributed by atoms with van der Waals surface area (Å²) in [5, 5.41) is 9.11. The minimum absolute atomic E-state index is 0.00908. The van der Waals surface area contributed by atoms with E-state index in [2.05, 4.69) is 0 Å². The van der Waals surface area contributed by atoms with Crippen molar-refractivity contribution in [3.05, 3.63) is 28.8 Å². The highest BCUT2D eigenvalue weighted by molar-refractivity contribution is 7.85. The van der Waals surface area contributed by atoms with Crippen LogP contribution < -0.4 is 0 Å². The summed E-state index contributed by atoms with van der Waals surface area (Å²) in [5.41, 5.74) is -0.00908. The molecule has 2 unspecified atom stereocenters. The maximum atomic E-state index is 12.1. The Morgan fingerprint density at radius 3 is 2.94 bits per heavy atom. The van der Waals surface area contributed by atoms with E-state index in [1.165, 1.54) is 12.1 Å². The molecule has 0 aromatic heterocycles. The van der Waals surface area contributed by atoms with Crippen LogP contribution in [0.5, 0.6) is 0 Å². The summed E-state index contributed by atoms with van der Waals surface area (Å²) < 4.78 is 17.3. The van der Waals surface area contributed by atoms with Gasteiger partial charge in [-0.2, -0.15) is 0 Å². The molecule has 0 spiro atoms. The lowest BCUT2D eigenvalue weighted by Crippen LogP contribution is -2.11. The first-order valence-electron chi connectivity index (χ1n) is 5.57. The highest BCUT2D eigenvalue weighted by Gasteiger charge is 2.20. The Morgan fingerprint density at radius 1 is 1.56 bits per heavy atom. The molecule has 0 bridgehead atoms. The van der Waals surface area contributed by atoms with E-state index in [9.17, 15) is 9.00 Å². The van der Waals surface area contributed by atoms with Crippen molar-refractivity contribution in [3.8, 4) is 0 Å². The van der Waals surface area contributed by atoms with Crippen LogP contribution in [0.2, 0.25) is 5.02 Å². The van der Waals surface area contributed by atoms with Gasteiger partial charge in [-0.1, -0.05) is 11.6 Å². The summed E-state index contributed by atoms with van der Waals surface area (Å²) in [6.07, 6.45) is 0.908.